The second-order valence-electron chi connectivity index (χ2n) is 4.02. The molecule has 1 aromatic carbocycles. The van der Waals surface area contributed by atoms with Crippen LogP contribution in [0.2, 0.25) is 0 Å². The van der Waals surface area contributed by atoms with Gasteiger partial charge in [-0.05, 0) is 19.0 Å². The number of rotatable bonds is 6. The van der Waals surface area contributed by atoms with Gasteiger partial charge in [-0.3, -0.25) is 0 Å². The van der Waals surface area contributed by atoms with Crippen molar-refractivity contribution in [1.29, 1.82) is 0 Å². The topological polar surface area (TPSA) is 55.0 Å². The summed E-state index contributed by atoms with van der Waals surface area (Å²) >= 11 is 1.63. The Hall–Kier alpha value is -1.46. The zero-order valence-electron chi connectivity index (χ0n) is 10.5. The van der Waals surface area contributed by atoms with Gasteiger partial charge in [0.25, 0.3) is 0 Å². The maximum absolute atomic E-state index is 5.53. The molecule has 2 rings (SSSR count). The summed E-state index contributed by atoms with van der Waals surface area (Å²) in [7, 11) is 0. The van der Waals surface area contributed by atoms with Gasteiger partial charge in [-0.1, -0.05) is 41.7 Å². The van der Waals surface area contributed by atoms with Crippen molar-refractivity contribution in [3.8, 4) is 0 Å². The number of nitrogens with two attached hydrogens (primary N) is 1. The summed E-state index contributed by atoms with van der Waals surface area (Å²) in [5.74, 6) is 0. The van der Waals surface area contributed by atoms with Crippen molar-refractivity contribution < 1.29 is 0 Å². The predicted octanol–water partition coefficient (Wildman–Crippen LogP) is 2.07. The van der Waals surface area contributed by atoms with Crippen LogP contribution < -0.4 is 10.6 Å². The van der Waals surface area contributed by atoms with Gasteiger partial charge in [0.15, 0.2) is 0 Å². The Kier molecular flexibility index (Phi) is 4.66. The molecular formula is C13H18N4S. The molecule has 0 unspecified atom stereocenters. The maximum Gasteiger partial charge on any atom is 0.208 e. The van der Waals surface area contributed by atoms with E-state index in [1.807, 2.05) is 6.07 Å². The molecular weight excluding hydrogens is 244 g/mol. The molecule has 0 aliphatic carbocycles. The summed E-state index contributed by atoms with van der Waals surface area (Å²) in [6.45, 7) is 4.55. The van der Waals surface area contributed by atoms with Crippen molar-refractivity contribution in [2.24, 2.45) is 5.73 Å². The summed E-state index contributed by atoms with van der Waals surface area (Å²) in [4.78, 5) is 2.23. The highest BCUT2D eigenvalue weighted by Gasteiger charge is 2.11. The number of hydrogen-bond donors (Lipinski definition) is 1. The monoisotopic (exact) mass is 262 g/mol. The Morgan fingerprint density at radius 2 is 2.00 bits per heavy atom. The van der Waals surface area contributed by atoms with Crippen LogP contribution in [-0.4, -0.2) is 23.3 Å². The Morgan fingerprint density at radius 1 is 1.22 bits per heavy atom. The number of nitrogens with zero attached hydrogens (tertiary/aromatic N) is 3. The first-order valence-electron chi connectivity index (χ1n) is 6.14. The molecule has 18 heavy (non-hydrogen) atoms. The van der Waals surface area contributed by atoms with E-state index < -0.39 is 0 Å². The fraction of sp³-hybridized carbons (Fsp3) is 0.385. The molecule has 2 aromatic rings. The first-order valence-corrected chi connectivity index (χ1v) is 6.96. The average Bonchev–Trinajstić information content (AvgIpc) is 2.86. The van der Waals surface area contributed by atoms with Crippen molar-refractivity contribution >= 4 is 16.5 Å². The number of benzene rings is 1. The van der Waals surface area contributed by atoms with Gasteiger partial charge in [0.1, 0.15) is 5.01 Å². The molecule has 0 atom stereocenters. The number of anilines is 1. The van der Waals surface area contributed by atoms with Crippen LogP contribution in [0.25, 0.3) is 0 Å². The zero-order valence-corrected chi connectivity index (χ0v) is 11.4. The molecule has 96 valence electrons. The fourth-order valence-electron chi connectivity index (χ4n) is 1.72. The highest BCUT2D eigenvalue weighted by molar-refractivity contribution is 7.15. The van der Waals surface area contributed by atoms with E-state index in [0.717, 1.165) is 29.6 Å². The standard InChI is InChI=1S/C13H18N4S/c1-2-17(10-11-6-4-3-5-7-11)13-16-15-12(18-13)8-9-14/h3-7H,2,8-10,14H2,1H3. The lowest BCUT2D eigenvalue weighted by Gasteiger charge is -2.18. The molecule has 0 saturated heterocycles. The lowest BCUT2D eigenvalue weighted by Crippen LogP contribution is -2.21. The first kappa shape index (κ1) is 13.0. The minimum Gasteiger partial charge on any atom is -0.343 e. The van der Waals surface area contributed by atoms with Gasteiger partial charge in [0.2, 0.25) is 5.13 Å². The van der Waals surface area contributed by atoms with Crippen molar-refractivity contribution in [2.75, 3.05) is 18.0 Å². The second kappa shape index (κ2) is 6.47. The van der Waals surface area contributed by atoms with Gasteiger partial charge in [-0.25, -0.2) is 0 Å². The van der Waals surface area contributed by atoms with E-state index in [1.165, 1.54) is 5.56 Å². The van der Waals surface area contributed by atoms with Gasteiger partial charge in [0.05, 0.1) is 0 Å². The Balaban J connectivity index is 2.08. The van der Waals surface area contributed by atoms with E-state index in [0.29, 0.717) is 6.54 Å². The molecule has 0 aliphatic rings. The summed E-state index contributed by atoms with van der Waals surface area (Å²) in [5.41, 5.74) is 6.81. The van der Waals surface area contributed by atoms with E-state index in [1.54, 1.807) is 11.3 Å². The van der Waals surface area contributed by atoms with Gasteiger partial charge in [-0.15, -0.1) is 10.2 Å². The molecule has 2 N–H and O–H groups in total. The van der Waals surface area contributed by atoms with Crippen LogP contribution >= 0.6 is 11.3 Å². The molecule has 5 heteroatoms. The van der Waals surface area contributed by atoms with Crippen LogP contribution in [0.1, 0.15) is 17.5 Å². The van der Waals surface area contributed by atoms with E-state index in [4.69, 9.17) is 5.73 Å². The second-order valence-corrected chi connectivity index (χ2v) is 5.06. The van der Waals surface area contributed by atoms with Crippen LogP contribution in [0.4, 0.5) is 5.13 Å². The quantitative estimate of drug-likeness (QED) is 0.866. The molecule has 0 amide bonds. The largest absolute Gasteiger partial charge is 0.343 e. The molecule has 4 nitrogen and oxygen atoms in total. The summed E-state index contributed by atoms with van der Waals surface area (Å²) in [6.07, 6.45) is 0.806. The fourth-order valence-corrected chi connectivity index (χ4v) is 2.63. The Labute approximate surface area is 111 Å². The number of hydrogen-bond acceptors (Lipinski definition) is 5. The normalized spacial score (nSPS) is 10.6. The van der Waals surface area contributed by atoms with E-state index in [-0.39, 0.29) is 0 Å². The third-order valence-corrected chi connectivity index (χ3v) is 3.73. The Morgan fingerprint density at radius 3 is 2.67 bits per heavy atom. The van der Waals surface area contributed by atoms with Crippen molar-refractivity contribution in [3.63, 3.8) is 0 Å². The van der Waals surface area contributed by atoms with Gasteiger partial charge in [-0.2, -0.15) is 0 Å². The summed E-state index contributed by atoms with van der Waals surface area (Å²) in [6, 6.07) is 10.4. The SMILES string of the molecule is CCN(Cc1ccccc1)c1nnc(CCN)s1. The van der Waals surface area contributed by atoms with E-state index in [2.05, 4.69) is 46.3 Å². The molecule has 1 heterocycles. The number of aromatic nitrogens is 2. The van der Waals surface area contributed by atoms with Crippen LogP contribution in [0.15, 0.2) is 30.3 Å². The van der Waals surface area contributed by atoms with Crippen LogP contribution in [0, 0.1) is 0 Å². The third-order valence-electron chi connectivity index (χ3n) is 2.68. The highest BCUT2D eigenvalue weighted by atomic mass is 32.1. The van der Waals surface area contributed by atoms with Crippen LogP contribution in [0.5, 0.6) is 0 Å². The molecule has 0 bridgehead atoms. The van der Waals surface area contributed by atoms with Crippen molar-refractivity contribution in [2.45, 2.75) is 19.9 Å². The minimum absolute atomic E-state index is 0.624. The zero-order chi connectivity index (χ0) is 12.8. The van der Waals surface area contributed by atoms with Gasteiger partial charge < -0.3 is 10.6 Å². The lowest BCUT2D eigenvalue weighted by atomic mass is 10.2. The minimum atomic E-state index is 0.624. The molecule has 0 radical (unpaired) electrons. The van der Waals surface area contributed by atoms with Gasteiger partial charge in [0, 0.05) is 19.5 Å². The summed E-state index contributed by atoms with van der Waals surface area (Å²) in [5, 5.41) is 10.4. The Bertz CT molecular complexity index is 469. The van der Waals surface area contributed by atoms with Crippen LogP contribution in [0.3, 0.4) is 0 Å². The molecule has 0 saturated carbocycles. The molecule has 0 spiro atoms. The molecule has 0 fully saturated rings. The maximum atomic E-state index is 5.53. The summed E-state index contributed by atoms with van der Waals surface area (Å²) < 4.78 is 0. The highest BCUT2D eigenvalue weighted by Crippen LogP contribution is 2.22. The average molecular weight is 262 g/mol. The van der Waals surface area contributed by atoms with Gasteiger partial charge >= 0.3 is 0 Å². The third kappa shape index (κ3) is 3.27. The van der Waals surface area contributed by atoms with Crippen LogP contribution in [-0.2, 0) is 13.0 Å². The lowest BCUT2D eigenvalue weighted by molar-refractivity contribution is 0.810. The molecule has 0 aliphatic heterocycles. The van der Waals surface area contributed by atoms with Crippen molar-refractivity contribution in [1.82, 2.24) is 10.2 Å². The predicted molar refractivity (Wildman–Crippen MR) is 75.8 cm³/mol. The first-order chi connectivity index (χ1) is 8.83. The molecule has 1 aromatic heterocycles. The smallest absolute Gasteiger partial charge is 0.208 e. The van der Waals surface area contributed by atoms with E-state index >= 15 is 0 Å². The van der Waals surface area contributed by atoms with Crippen molar-refractivity contribution in [3.05, 3.63) is 40.9 Å². The van der Waals surface area contributed by atoms with E-state index in [9.17, 15) is 0 Å².